The molecule has 3 aliphatic heterocycles. The molecular weight excluding hydrogens is 461 g/mol. The number of hydrogen-bond acceptors (Lipinski definition) is 5. The summed E-state index contributed by atoms with van der Waals surface area (Å²) in [5, 5.41) is 0. The van der Waals surface area contributed by atoms with Gasteiger partial charge in [-0.2, -0.15) is 13.2 Å². The maximum absolute atomic E-state index is 12.7. The van der Waals surface area contributed by atoms with Gasteiger partial charge in [0.1, 0.15) is 5.75 Å². The zero-order valence-electron chi connectivity index (χ0n) is 19.2. The quantitative estimate of drug-likeness (QED) is 0.366. The van der Waals surface area contributed by atoms with Crippen molar-refractivity contribution >= 4 is 11.8 Å². The van der Waals surface area contributed by atoms with Crippen LogP contribution in [0.5, 0.6) is 5.75 Å². The van der Waals surface area contributed by atoms with Crippen LogP contribution in [0.3, 0.4) is 0 Å². The molecule has 8 heteroatoms. The highest BCUT2D eigenvalue weighted by atomic mass is 32.2. The average molecular weight is 493 g/mol. The number of rotatable bonds is 7. The zero-order chi connectivity index (χ0) is 23.5. The van der Waals surface area contributed by atoms with Gasteiger partial charge in [0.05, 0.1) is 19.8 Å². The highest BCUT2D eigenvalue weighted by Gasteiger charge is 2.37. The van der Waals surface area contributed by atoms with E-state index in [4.69, 9.17) is 9.47 Å². The first kappa shape index (κ1) is 24.0. The van der Waals surface area contributed by atoms with Crippen molar-refractivity contribution in [2.75, 3.05) is 52.5 Å². The molecule has 0 N–H and O–H groups in total. The van der Waals surface area contributed by atoms with Crippen LogP contribution in [0, 0.1) is 0 Å². The second-order valence-electron chi connectivity index (χ2n) is 9.27. The molecule has 2 aromatic rings. The summed E-state index contributed by atoms with van der Waals surface area (Å²) in [6.07, 6.45) is 3.29. The van der Waals surface area contributed by atoms with Crippen LogP contribution in [0.1, 0.15) is 47.9 Å². The Bertz CT molecular complexity index is 964. The van der Waals surface area contributed by atoms with Gasteiger partial charge >= 0.3 is 5.51 Å². The van der Waals surface area contributed by atoms with Crippen LogP contribution in [0.4, 0.5) is 13.2 Å². The molecule has 5 rings (SSSR count). The SMILES string of the molecule is FC(F)(F)Sc1ccc([C@H]2CN3CCC[C@@H]3c3cc(OCCCN4CCOCC4)ccc32)cc1. The number of fused-ring (bicyclic) bond motifs is 3. The summed E-state index contributed by atoms with van der Waals surface area (Å²) in [5.74, 6) is 1.06. The number of alkyl halides is 3. The molecular formula is C26H31F3N2O2S. The van der Waals surface area contributed by atoms with E-state index in [1.54, 1.807) is 12.1 Å². The van der Waals surface area contributed by atoms with Gasteiger partial charge in [-0.1, -0.05) is 18.2 Å². The molecule has 2 saturated heterocycles. The normalized spacial score (nSPS) is 23.5. The first-order valence-electron chi connectivity index (χ1n) is 12.1. The van der Waals surface area contributed by atoms with Crippen molar-refractivity contribution in [3.05, 3.63) is 59.2 Å². The zero-order valence-corrected chi connectivity index (χ0v) is 20.0. The number of nitrogens with zero attached hydrogens (tertiary/aromatic N) is 2. The Labute approximate surface area is 203 Å². The topological polar surface area (TPSA) is 24.9 Å². The van der Waals surface area contributed by atoms with Gasteiger partial charge in [0.25, 0.3) is 0 Å². The number of ether oxygens (including phenoxy) is 2. The molecule has 2 aromatic carbocycles. The Kier molecular flexibility index (Phi) is 7.39. The van der Waals surface area contributed by atoms with Gasteiger partial charge in [0.2, 0.25) is 0 Å². The van der Waals surface area contributed by atoms with Gasteiger partial charge in [0.15, 0.2) is 0 Å². The largest absolute Gasteiger partial charge is 0.494 e. The third kappa shape index (κ3) is 5.73. The third-order valence-electron chi connectivity index (χ3n) is 7.08. The monoisotopic (exact) mass is 492 g/mol. The maximum atomic E-state index is 12.7. The molecule has 0 saturated carbocycles. The molecule has 3 aliphatic rings. The van der Waals surface area contributed by atoms with Crippen LogP contribution in [-0.2, 0) is 4.74 Å². The van der Waals surface area contributed by atoms with Crippen LogP contribution >= 0.6 is 11.8 Å². The van der Waals surface area contributed by atoms with E-state index in [0.29, 0.717) is 12.6 Å². The highest BCUT2D eigenvalue weighted by molar-refractivity contribution is 8.00. The van der Waals surface area contributed by atoms with E-state index in [0.717, 1.165) is 70.1 Å². The van der Waals surface area contributed by atoms with E-state index in [-0.39, 0.29) is 22.6 Å². The summed E-state index contributed by atoms with van der Waals surface area (Å²) in [6.45, 7) is 7.29. The number of morpholine rings is 1. The Balaban J connectivity index is 1.28. The van der Waals surface area contributed by atoms with E-state index in [1.807, 2.05) is 12.1 Å². The van der Waals surface area contributed by atoms with Crippen LogP contribution in [-0.4, -0.2) is 67.9 Å². The fourth-order valence-corrected chi connectivity index (χ4v) is 6.01. The van der Waals surface area contributed by atoms with Crippen molar-refractivity contribution < 1.29 is 22.6 Å². The van der Waals surface area contributed by atoms with Gasteiger partial charge in [-0.15, -0.1) is 0 Å². The van der Waals surface area contributed by atoms with Crippen molar-refractivity contribution in [2.24, 2.45) is 0 Å². The second kappa shape index (κ2) is 10.5. The number of benzene rings is 2. The smallest absolute Gasteiger partial charge is 0.446 e. The van der Waals surface area contributed by atoms with Crippen LogP contribution in [0.15, 0.2) is 47.4 Å². The number of thioether (sulfide) groups is 1. The number of hydrogen-bond donors (Lipinski definition) is 0. The molecule has 0 amide bonds. The molecule has 184 valence electrons. The minimum atomic E-state index is -4.26. The summed E-state index contributed by atoms with van der Waals surface area (Å²) in [5.41, 5.74) is -0.606. The van der Waals surface area contributed by atoms with Gasteiger partial charge in [-0.05, 0) is 78.5 Å². The van der Waals surface area contributed by atoms with E-state index < -0.39 is 5.51 Å². The Hall–Kier alpha value is -1.74. The van der Waals surface area contributed by atoms with Crippen molar-refractivity contribution in [2.45, 2.75) is 41.6 Å². The molecule has 34 heavy (non-hydrogen) atoms. The summed E-state index contributed by atoms with van der Waals surface area (Å²) in [4.78, 5) is 5.17. The predicted octanol–water partition coefficient (Wildman–Crippen LogP) is 5.68. The van der Waals surface area contributed by atoms with Crippen LogP contribution in [0.2, 0.25) is 0 Å². The maximum Gasteiger partial charge on any atom is 0.446 e. The molecule has 2 fully saturated rings. The van der Waals surface area contributed by atoms with Crippen molar-refractivity contribution in [3.63, 3.8) is 0 Å². The lowest BCUT2D eigenvalue weighted by atomic mass is 9.81. The molecule has 0 radical (unpaired) electrons. The lowest BCUT2D eigenvalue weighted by molar-refractivity contribution is -0.0328. The van der Waals surface area contributed by atoms with Crippen molar-refractivity contribution in [1.82, 2.24) is 9.80 Å². The molecule has 3 heterocycles. The lowest BCUT2D eigenvalue weighted by Gasteiger charge is -2.37. The Morgan fingerprint density at radius 1 is 1.00 bits per heavy atom. The van der Waals surface area contributed by atoms with E-state index in [9.17, 15) is 13.2 Å². The molecule has 4 nitrogen and oxygen atoms in total. The van der Waals surface area contributed by atoms with E-state index in [2.05, 4.69) is 28.0 Å². The third-order valence-corrected chi connectivity index (χ3v) is 7.82. The van der Waals surface area contributed by atoms with Crippen LogP contribution in [0.25, 0.3) is 0 Å². The predicted molar refractivity (Wildman–Crippen MR) is 128 cm³/mol. The van der Waals surface area contributed by atoms with Gasteiger partial charge < -0.3 is 9.47 Å². The molecule has 2 atom stereocenters. The Morgan fingerprint density at radius 2 is 1.79 bits per heavy atom. The second-order valence-corrected chi connectivity index (χ2v) is 10.4. The summed E-state index contributed by atoms with van der Waals surface area (Å²) in [6, 6.07) is 13.7. The fraction of sp³-hybridized carbons (Fsp3) is 0.538. The summed E-state index contributed by atoms with van der Waals surface area (Å²) in [7, 11) is 0. The minimum absolute atomic E-state index is 0.0587. The van der Waals surface area contributed by atoms with Gasteiger partial charge in [-0.25, -0.2) is 0 Å². The van der Waals surface area contributed by atoms with Gasteiger partial charge in [0, 0.05) is 43.0 Å². The molecule has 0 aromatic heterocycles. The van der Waals surface area contributed by atoms with E-state index in [1.165, 1.54) is 17.5 Å². The Morgan fingerprint density at radius 3 is 2.56 bits per heavy atom. The van der Waals surface area contributed by atoms with Crippen molar-refractivity contribution in [1.29, 1.82) is 0 Å². The standard InChI is InChI=1S/C26H31F3N2O2S/c27-26(28,29)34-21-7-4-19(5-8-21)24-18-31-11-1-3-25(31)23-17-20(6-9-22(23)24)33-14-2-10-30-12-15-32-16-13-30/h4-9,17,24-25H,1-3,10-16,18H2/t24-,25-/m1/s1. The van der Waals surface area contributed by atoms with Crippen LogP contribution < -0.4 is 4.74 Å². The first-order valence-corrected chi connectivity index (χ1v) is 12.9. The molecule has 0 aliphatic carbocycles. The molecule has 0 spiro atoms. The lowest BCUT2D eigenvalue weighted by Crippen LogP contribution is -2.37. The van der Waals surface area contributed by atoms with E-state index >= 15 is 0 Å². The van der Waals surface area contributed by atoms with Gasteiger partial charge in [-0.3, -0.25) is 9.80 Å². The summed E-state index contributed by atoms with van der Waals surface area (Å²) < 4.78 is 49.7. The minimum Gasteiger partial charge on any atom is -0.494 e. The fourth-order valence-electron chi connectivity index (χ4n) is 5.47. The highest BCUT2D eigenvalue weighted by Crippen LogP contribution is 2.46. The number of halogens is 3. The first-order chi connectivity index (χ1) is 16.5. The average Bonchev–Trinajstić information content (AvgIpc) is 3.31. The summed E-state index contributed by atoms with van der Waals surface area (Å²) >= 11 is -0.0587. The van der Waals surface area contributed by atoms with Crippen molar-refractivity contribution in [3.8, 4) is 5.75 Å². The molecule has 0 bridgehead atoms. The molecule has 0 unspecified atom stereocenters.